The standard InChI is InChI=1S/C8H12N2O2/c1-5(2)4-10-7(11)6(3)9-8(10)12/h6H,1,4H2,2-3H3,(H,9,12). The molecule has 3 amide bonds. The molecule has 0 aromatic heterocycles. The molecule has 1 heterocycles. The number of imide groups is 1. The fraction of sp³-hybridized carbons (Fsp3) is 0.500. The second kappa shape index (κ2) is 2.97. The van der Waals surface area contributed by atoms with E-state index in [0.717, 1.165) is 5.57 Å². The van der Waals surface area contributed by atoms with Crippen LogP contribution in [0.4, 0.5) is 4.79 Å². The normalized spacial score (nSPS) is 22.8. The predicted molar refractivity (Wildman–Crippen MR) is 44.5 cm³/mol. The summed E-state index contributed by atoms with van der Waals surface area (Å²) in [5.74, 6) is -0.178. The first-order valence-corrected chi connectivity index (χ1v) is 3.78. The maximum absolute atomic E-state index is 11.3. The van der Waals surface area contributed by atoms with Crippen LogP contribution >= 0.6 is 0 Å². The first-order valence-electron chi connectivity index (χ1n) is 3.78. The lowest BCUT2D eigenvalue weighted by atomic mass is 10.3. The molecular weight excluding hydrogens is 156 g/mol. The molecule has 4 nitrogen and oxygen atoms in total. The van der Waals surface area contributed by atoms with Crippen molar-refractivity contribution in [2.75, 3.05) is 6.54 Å². The van der Waals surface area contributed by atoms with E-state index in [4.69, 9.17) is 0 Å². The predicted octanol–water partition coefficient (Wildman–Crippen LogP) is 0.503. The summed E-state index contributed by atoms with van der Waals surface area (Å²) >= 11 is 0. The summed E-state index contributed by atoms with van der Waals surface area (Å²) < 4.78 is 0. The molecule has 0 radical (unpaired) electrons. The van der Waals surface area contributed by atoms with Crippen LogP contribution in [0.5, 0.6) is 0 Å². The van der Waals surface area contributed by atoms with Crippen molar-refractivity contribution >= 4 is 11.9 Å². The number of hydrogen-bond donors (Lipinski definition) is 1. The molecule has 0 saturated carbocycles. The van der Waals surface area contributed by atoms with Crippen molar-refractivity contribution in [3.05, 3.63) is 12.2 Å². The molecular formula is C8H12N2O2. The third-order valence-electron chi connectivity index (χ3n) is 1.65. The number of carbonyl (C=O) groups excluding carboxylic acids is 2. The van der Waals surface area contributed by atoms with Gasteiger partial charge < -0.3 is 5.32 Å². The first kappa shape index (κ1) is 8.77. The van der Waals surface area contributed by atoms with Crippen molar-refractivity contribution in [1.82, 2.24) is 10.2 Å². The number of urea groups is 1. The molecule has 1 rings (SSSR count). The molecule has 0 aromatic carbocycles. The van der Waals surface area contributed by atoms with E-state index in [9.17, 15) is 9.59 Å². The van der Waals surface area contributed by atoms with Crippen LogP contribution in [0.2, 0.25) is 0 Å². The van der Waals surface area contributed by atoms with Gasteiger partial charge >= 0.3 is 6.03 Å². The van der Waals surface area contributed by atoms with Crippen molar-refractivity contribution in [2.24, 2.45) is 0 Å². The van der Waals surface area contributed by atoms with Crippen LogP contribution in [0.15, 0.2) is 12.2 Å². The molecule has 0 aliphatic carbocycles. The zero-order valence-corrected chi connectivity index (χ0v) is 7.26. The minimum Gasteiger partial charge on any atom is -0.326 e. The summed E-state index contributed by atoms with van der Waals surface area (Å²) in [5, 5.41) is 2.52. The van der Waals surface area contributed by atoms with E-state index in [1.807, 2.05) is 0 Å². The summed E-state index contributed by atoms with van der Waals surface area (Å²) in [5.41, 5.74) is 0.799. The fourth-order valence-corrected chi connectivity index (χ4v) is 1.08. The molecule has 1 N–H and O–H groups in total. The lowest BCUT2D eigenvalue weighted by Crippen LogP contribution is -2.32. The highest BCUT2D eigenvalue weighted by Gasteiger charge is 2.34. The zero-order valence-electron chi connectivity index (χ0n) is 7.26. The lowest BCUT2D eigenvalue weighted by Gasteiger charge is -2.11. The second-order valence-electron chi connectivity index (χ2n) is 3.05. The van der Waals surface area contributed by atoms with Crippen LogP contribution in [0, 0.1) is 0 Å². The van der Waals surface area contributed by atoms with Gasteiger partial charge in [-0.1, -0.05) is 12.2 Å². The molecule has 0 aromatic rings. The smallest absolute Gasteiger partial charge is 0.325 e. The molecule has 1 fully saturated rings. The van der Waals surface area contributed by atoms with Crippen LogP contribution in [0.3, 0.4) is 0 Å². The Morgan fingerprint density at radius 1 is 1.67 bits per heavy atom. The molecule has 0 spiro atoms. The Morgan fingerprint density at radius 2 is 2.25 bits per heavy atom. The summed E-state index contributed by atoms with van der Waals surface area (Å²) in [6.45, 7) is 7.40. The zero-order chi connectivity index (χ0) is 9.30. The molecule has 1 unspecified atom stereocenters. The van der Waals surface area contributed by atoms with Crippen molar-refractivity contribution in [2.45, 2.75) is 19.9 Å². The lowest BCUT2D eigenvalue weighted by molar-refractivity contribution is -0.126. The third kappa shape index (κ3) is 1.47. The SMILES string of the molecule is C=C(C)CN1C(=O)NC(C)C1=O. The quantitative estimate of drug-likeness (QED) is 0.482. The molecule has 1 saturated heterocycles. The molecule has 4 heteroatoms. The maximum Gasteiger partial charge on any atom is 0.325 e. The van der Waals surface area contributed by atoms with E-state index in [0.29, 0.717) is 6.54 Å². The summed E-state index contributed by atoms with van der Waals surface area (Å²) in [6, 6.07) is -0.715. The minimum absolute atomic E-state index is 0.178. The fourth-order valence-electron chi connectivity index (χ4n) is 1.08. The van der Waals surface area contributed by atoms with Gasteiger partial charge in [-0.3, -0.25) is 9.69 Å². The highest BCUT2D eigenvalue weighted by Crippen LogP contribution is 2.07. The van der Waals surface area contributed by atoms with Crippen molar-refractivity contribution in [3.63, 3.8) is 0 Å². The van der Waals surface area contributed by atoms with E-state index in [2.05, 4.69) is 11.9 Å². The first-order chi connectivity index (χ1) is 5.52. The van der Waals surface area contributed by atoms with Crippen LogP contribution in [0.25, 0.3) is 0 Å². The summed E-state index contributed by atoms with van der Waals surface area (Å²) in [7, 11) is 0. The number of amides is 3. The third-order valence-corrected chi connectivity index (χ3v) is 1.65. The molecule has 1 aliphatic heterocycles. The van der Waals surface area contributed by atoms with Gasteiger partial charge in [0.1, 0.15) is 6.04 Å². The molecule has 0 bridgehead atoms. The topological polar surface area (TPSA) is 49.4 Å². The van der Waals surface area contributed by atoms with Crippen molar-refractivity contribution < 1.29 is 9.59 Å². The number of nitrogens with one attached hydrogen (secondary N) is 1. The maximum atomic E-state index is 11.3. The molecule has 66 valence electrons. The van der Waals surface area contributed by atoms with Gasteiger partial charge in [-0.25, -0.2) is 4.79 Å². The average molecular weight is 168 g/mol. The molecule has 12 heavy (non-hydrogen) atoms. The monoisotopic (exact) mass is 168 g/mol. The second-order valence-corrected chi connectivity index (χ2v) is 3.05. The largest absolute Gasteiger partial charge is 0.326 e. The summed E-state index contributed by atoms with van der Waals surface area (Å²) in [4.78, 5) is 23.5. The van der Waals surface area contributed by atoms with E-state index in [1.165, 1.54) is 4.90 Å². The Bertz CT molecular complexity index is 247. The van der Waals surface area contributed by atoms with Crippen LogP contribution in [0.1, 0.15) is 13.8 Å². The summed E-state index contributed by atoms with van der Waals surface area (Å²) in [6.07, 6.45) is 0. The molecule has 1 aliphatic rings. The molecule has 1 atom stereocenters. The van der Waals surface area contributed by atoms with Gasteiger partial charge in [0.2, 0.25) is 0 Å². The number of nitrogens with zero attached hydrogens (tertiary/aromatic N) is 1. The van der Waals surface area contributed by atoms with Crippen LogP contribution in [-0.2, 0) is 4.79 Å². The van der Waals surface area contributed by atoms with E-state index in [1.54, 1.807) is 13.8 Å². The Hall–Kier alpha value is -1.32. The van der Waals surface area contributed by atoms with Crippen LogP contribution < -0.4 is 5.32 Å². The number of carbonyl (C=O) groups is 2. The van der Waals surface area contributed by atoms with Gasteiger partial charge in [-0.05, 0) is 13.8 Å². The average Bonchev–Trinajstić information content (AvgIpc) is 2.16. The Morgan fingerprint density at radius 3 is 2.58 bits per heavy atom. The van der Waals surface area contributed by atoms with Gasteiger partial charge in [-0.15, -0.1) is 0 Å². The highest BCUT2D eigenvalue weighted by atomic mass is 16.2. The van der Waals surface area contributed by atoms with E-state index < -0.39 is 6.04 Å². The Labute approximate surface area is 71.2 Å². The van der Waals surface area contributed by atoms with Gasteiger partial charge in [0.05, 0.1) is 6.54 Å². The van der Waals surface area contributed by atoms with Gasteiger partial charge in [0, 0.05) is 0 Å². The van der Waals surface area contributed by atoms with Gasteiger partial charge in [0.25, 0.3) is 5.91 Å². The van der Waals surface area contributed by atoms with E-state index >= 15 is 0 Å². The Kier molecular flexibility index (Phi) is 2.17. The van der Waals surface area contributed by atoms with Gasteiger partial charge in [0.15, 0.2) is 0 Å². The van der Waals surface area contributed by atoms with E-state index in [-0.39, 0.29) is 11.9 Å². The van der Waals surface area contributed by atoms with Gasteiger partial charge in [-0.2, -0.15) is 0 Å². The number of rotatable bonds is 2. The number of hydrogen-bond acceptors (Lipinski definition) is 2. The minimum atomic E-state index is -0.392. The van der Waals surface area contributed by atoms with Crippen LogP contribution in [-0.4, -0.2) is 29.4 Å². The van der Waals surface area contributed by atoms with Crippen molar-refractivity contribution in [1.29, 1.82) is 0 Å². The Balaban J connectivity index is 2.70. The van der Waals surface area contributed by atoms with Crippen molar-refractivity contribution in [3.8, 4) is 0 Å². The highest BCUT2D eigenvalue weighted by molar-refractivity contribution is 6.04.